The fraction of sp³-hybridized carbons (Fsp3) is 0.375. The van der Waals surface area contributed by atoms with Gasteiger partial charge in [0.2, 0.25) is 0 Å². The van der Waals surface area contributed by atoms with Gasteiger partial charge in [-0.1, -0.05) is 18.5 Å². The molecule has 3 aromatic heterocycles. The predicted octanol–water partition coefficient (Wildman–Crippen LogP) is 3.03. The maximum Gasteiger partial charge on any atom is 0.181 e. The maximum absolute atomic E-state index is 5.05. The van der Waals surface area contributed by atoms with Gasteiger partial charge in [-0.05, 0) is 31.0 Å². The Morgan fingerprint density at radius 2 is 2.05 bits per heavy atom. The Morgan fingerprint density at radius 3 is 2.73 bits per heavy atom. The number of hydrogen-bond donors (Lipinski definition) is 0. The third-order valence-corrected chi connectivity index (χ3v) is 3.51. The van der Waals surface area contributed by atoms with E-state index < -0.39 is 0 Å². The Labute approximate surface area is 129 Å². The van der Waals surface area contributed by atoms with Crippen LogP contribution in [0.15, 0.2) is 35.3 Å². The van der Waals surface area contributed by atoms with E-state index in [1.165, 1.54) is 0 Å². The molecule has 0 N–H and O–H groups in total. The van der Waals surface area contributed by atoms with Gasteiger partial charge in [0.1, 0.15) is 6.26 Å². The predicted molar refractivity (Wildman–Crippen MR) is 82.2 cm³/mol. The zero-order chi connectivity index (χ0) is 15.4. The van der Waals surface area contributed by atoms with Crippen molar-refractivity contribution in [3.05, 3.63) is 47.7 Å². The summed E-state index contributed by atoms with van der Waals surface area (Å²) >= 11 is 0. The van der Waals surface area contributed by atoms with E-state index in [0.29, 0.717) is 6.54 Å². The summed E-state index contributed by atoms with van der Waals surface area (Å²) in [5, 5.41) is 8.71. The lowest BCUT2D eigenvalue weighted by atomic mass is 10.2. The molecule has 6 heteroatoms. The molecule has 0 radical (unpaired) electrons. The van der Waals surface area contributed by atoms with Crippen molar-refractivity contribution in [1.82, 2.24) is 24.9 Å². The first-order valence-electron chi connectivity index (χ1n) is 7.52. The number of aromatic nitrogens is 5. The second-order valence-electron chi connectivity index (χ2n) is 5.31. The SMILES string of the molecule is CCCCc1nc(-c2nocc2C)n(Cc2ccncc2)n1. The minimum absolute atomic E-state index is 0.642. The summed E-state index contributed by atoms with van der Waals surface area (Å²) in [5.41, 5.74) is 2.85. The highest BCUT2D eigenvalue weighted by Crippen LogP contribution is 2.21. The van der Waals surface area contributed by atoms with E-state index in [1.54, 1.807) is 18.7 Å². The van der Waals surface area contributed by atoms with Crippen LogP contribution in [-0.2, 0) is 13.0 Å². The average molecular weight is 297 g/mol. The van der Waals surface area contributed by atoms with E-state index in [0.717, 1.165) is 47.7 Å². The molecule has 0 aliphatic carbocycles. The van der Waals surface area contributed by atoms with Gasteiger partial charge in [0.15, 0.2) is 17.3 Å². The Bertz CT molecular complexity index is 732. The van der Waals surface area contributed by atoms with Crippen LogP contribution in [0, 0.1) is 6.92 Å². The van der Waals surface area contributed by atoms with E-state index in [1.807, 2.05) is 23.7 Å². The number of nitrogens with zero attached hydrogens (tertiary/aromatic N) is 5. The Kier molecular flexibility index (Phi) is 4.27. The van der Waals surface area contributed by atoms with Gasteiger partial charge in [-0.25, -0.2) is 9.67 Å². The fourth-order valence-corrected chi connectivity index (χ4v) is 2.28. The summed E-state index contributed by atoms with van der Waals surface area (Å²) < 4.78 is 6.95. The quantitative estimate of drug-likeness (QED) is 0.699. The van der Waals surface area contributed by atoms with E-state index in [2.05, 4.69) is 27.1 Å². The van der Waals surface area contributed by atoms with Gasteiger partial charge in [0.25, 0.3) is 0 Å². The molecule has 0 bridgehead atoms. The monoisotopic (exact) mass is 297 g/mol. The third kappa shape index (κ3) is 3.05. The van der Waals surface area contributed by atoms with Crippen LogP contribution in [0.3, 0.4) is 0 Å². The lowest BCUT2D eigenvalue weighted by molar-refractivity contribution is 0.420. The smallest absolute Gasteiger partial charge is 0.181 e. The summed E-state index contributed by atoms with van der Waals surface area (Å²) in [7, 11) is 0. The highest BCUT2D eigenvalue weighted by molar-refractivity contribution is 5.53. The van der Waals surface area contributed by atoms with Gasteiger partial charge in [-0.2, -0.15) is 5.10 Å². The van der Waals surface area contributed by atoms with E-state index in [-0.39, 0.29) is 0 Å². The number of rotatable bonds is 6. The van der Waals surface area contributed by atoms with Gasteiger partial charge in [0.05, 0.1) is 6.54 Å². The molecular formula is C16H19N5O. The number of hydrogen-bond acceptors (Lipinski definition) is 5. The summed E-state index contributed by atoms with van der Waals surface area (Å²) in [4.78, 5) is 8.71. The third-order valence-electron chi connectivity index (χ3n) is 3.51. The molecule has 0 saturated carbocycles. The van der Waals surface area contributed by atoms with E-state index in [9.17, 15) is 0 Å². The maximum atomic E-state index is 5.05. The molecular weight excluding hydrogens is 278 g/mol. The molecule has 0 aliphatic rings. The van der Waals surface area contributed by atoms with Crippen LogP contribution in [0.4, 0.5) is 0 Å². The van der Waals surface area contributed by atoms with Crippen LogP contribution in [0.1, 0.15) is 36.7 Å². The largest absolute Gasteiger partial charge is 0.364 e. The second kappa shape index (κ2) is 6.51. The number of pyridine rings is 1. The zero-order valence-corrected chi connectivity index (χ0v) is 12.9. The highest BCUT2D eigenvalue weighted by Gasteiger charge is 2.17. The molecule has 22 heavy (non-hydrogen) atoms. The van der Waals surface area contributed by atoms with Crippen LogP contribution in [-0.4, -0.2) is 24.9 Å². The van der Waals surface area contributed by atoms with Crippen molar-refractivity contribution in [3.63, 3.8) is 0 Å². The molecule has 0 atom stereocenters. The molecule has 6 nitrogen and oxygen atoms in total. The molecule has 0 amide bonds. The van der Waals surface area contributed by atoms with Crippen molar-refractivity contribution < 1.29 is 4.52 Å². The topological polar surface area (TPSA) is 69.6 Å². The lowest BCUT2D eigenvalue weighted by Gasteiger charge is -2.04. The van der Waals surface area contributed by atoms with Gasteiger partial charge in [-0.3, -0.25) is 4.98 Å². The molecule has 3 heterocycles. The average Bonchev–Trinajstić information content (AvgIpc) is 3.12. The van der Waals surface area contributed by atoms with E-state index >= 15 is 0 Å². The Balaban J connectivity index is 1.96. The van der Waals surface area contributed by atoms with Crippen LogP contribution in [0.2, 0.25) is 0 Å². The van der Waals surface area contributed by atoms with Crippen molar-refractivity contribution in [1.29, 1.82) is 0 Å². The number of unbranched alkanes of at least 4 members (excludes halogenated alkanes) is 1. The lowest BCUT2D eigenvalue weighted by Crippen LogP contribution is -2.05. The van der Waals surface area contributed by atoms with Crippen molar-refractivity contribution in [3.8, 4) is 11.5 Å². The molecule has 3 rings (SSSR count). The first kappa shape index (κ1) is 14.4. The molecule has 0 aliphatic heterocycles. The minimum atomic E-state index is 0.642. The van der Waals surface area contributed by atoms with Gasteiger partial charge in [0, 0.05) is 24.4 Å². The molecule has 0 fully saturated rings. The van der Waals surface area contributed by atoms with Crippen molar-refractivity contribution in [2.45, 2.75) is 39.7 Å². The first-order valence-corrected chi connectivity index (χ1v) is 7.52. The normalized spacial score (nSPS) is 11.0. The second-order valence-corrected chi connectivity index (χ2v) is 5.31. The Morgan fingerprint density at radius 1 is 1.23 bits per heavy atom. The summed E-state index contributed by atoms with van der Waals surface area (Å²) in [6, 6.07) is 3.96. The summed E-state index contributed by atoms with van der Waals surface area (Å²) in [6.45, 7) is 4.77. The van der Waals surface area contributed by atoms with Gasteiger partial charge >= 0.3 is 0 Å². The van der Waals surface area contributed by atoms with Crippen molar-refractivity contribution >= 4 is 0 Å². The highest BCUT2D eigenvalue weighted by atomic mass is 16.5. The number of aryl methyl sites for hydroxylation is 2. The molecule has 3 aromatic rings. The van der Waals surface area contributed by atoms with Crippen molar-refractivity contribution in [2.24, 2.45) is 0 Å². The molecule has 0 spiro atoms. The first-order chi connectivity index (χ1) is 10.8. The minimum Gasteiger partial charge on any atom is -0.364 e. The Hall–Kier alpha value is -2.50. The molecule has 0 unspecified atom stereocenters. The fourth-order valence-electron chi connectivity index (χ4n) is 2.28. The summed E-state index contributed by atoms with van der Waals surface area (Å²) in [6.07, 6.45) is 8.28. The van der Waals surface area contributed by atoms with Crippen LogP contribution >= 0.6 is 0 Å². The van der Waals surface area contributed by atoms with Crippen LogP contribution in [0.25, 0.3) is 11.5 Å². The van der Waals surface area contributed by atoms with Crippen molar-refractivity contribution in [2.75, 3.05) is 0 Å². The molecule has 0 saturated heterocycles. The van der Waals surface area contributed by atoms with Crippen LogP contribution < -0.4 is 0 Å². The van der Waals surface area contributed by atoms with Gasteiger partial charge in [-0.15, -0.1) is 0 Å². The standard InChI is InChI=1S/C16H19N5O/c1-3-4-5-14-18-16(15-12(2)11-22-20-15)21(19-14)10-13-6-8-17-9-7-13/h6-9,11H,3-5,10H2,1-2H3. The zero-order valence-electron chi connectivity index (χ0n) is 12.9. The van der Waals surface area contributed by atoms with Gasteiger partial charge < -0.3 is 4.52 Å². The molecule has 0 aromatic carbocycles. The molecule has 114 valence electrons. The van der Waals surface area contributed by atoms with E-state index in [4.69, 9.17) is 4.52 Å². The summed E-state index contributed by atoms with van der Waals surface area (Å²) in [5.74, 6) is 1.61. The van der Waals surface area contributed by atoms with Crippen LogP contribution in [0.5, 0.6) is 0 Å².